The van der Waals surface area contributed by atoms with Gasteiger partial charge in [-0.05, 0) is 38.5 Å². The highest BCUT2D eigenvalue weighted by molar-refractivity contribution is 7.89. The quantitative estimate of drug-likeness (QED) is 0.778. The van der Waals surface area contributed by atoms with Crippen molar-refractivity contribution in [2.75, 3.05) is 13.1 Å². The average molecular weight is 329 g/mol. The molecule has 8 heteroatoms. The fraction of sp³-hybridized carbons (Fsp3) is 0.714. The summed E-state index contributed by atoms with van der Waals surface area (Å²) in [4.78, 5) is 10.9. The first-order valence-corrected chi connectivity index (χ1v) is 8.84. The number of nitrogens with zero attached hydrogens (tertiary/aromatic N) is 2. The summed E-state index contributed by atoms with van der Waals surface area (Å²) in [6.07, 6.45) is 1.23. The molecule has 2 rings (SSSR count). The number of hydrogen-bond donors (Lipinski definition) is 0. The minimum absolute atomic E-state index is 0.0156. The van der Waals surface area contributed by atoms with E-state index in [1.54, 1.807) is 13.8 Å². The summed E-state index contributed by atoms with van der Waals surface area (Å²) < 4.78 is 31.9. The van der Waals surface area contributed by atoms with Crippen LogP contribution in [0.3, 0.4) is 0 Å². The second-order valence-electron chi connectivity index (χ2n) is 5.81. The van der Waals surface area contributed by atoms with Gasteiger partial charge in [-0.15, -0.1) is 0 Å². The molecule has 0 amide bonds. The lowest BCUT2D eigenvalue weighted by molar-refractivity contribution is -0.307. The lowest BCUT2D eigenvalue weighted by atomic mass is 9.82. The number of rotatable bonds is 5. The summed E-state index contributed by atoms with van der Waals surface area (Å²) in [5, 5.41) is 14.5. The molecule has 2 heterocycles. The second kappa shape index (κ2) is 6.37. The molecule has 1 saturated heterocycles. The third-order valence-electron chi connectivity index (χ3n) is 4.37. The smallest absolute Gasteiger partial charge is 0.248 e. The van der Waals surface area contributed by atoms with E-state index in [0.29, 0.717) is 25.2 Å². The van der Waals surface area contributed by atoms with Crippen LogP contribution >= 0.6 is 0 Å². The molecular formula is C14H21N2O5S-. The van der Waals surface area contributed by atoms with Crippen molar-refractivity contribution >= 4 is 16.0 Å². The maximum atomic E-state index is 12.8. The van der Waals surface area contributed by atoms with Gasteiger partial charge in [0.2, 0.25) is 10.0 Å². The highest BCUT2D eigenvalue weighted by Crippen LogP contribution is 2.33. The Morgan fingerprint density at radius 3 is 2.59 bits per heavy atom. The maximum Gasteiger partial charge on any atom is 0.248 e. The molecule has 124 valence electrons. The van der Waals surface area contributed by atoms with Gasteiger partial charge in [-0.25, -0.2) is 8.42 Å². The molecule has 1 aliphatic rings. The molecule has 7 nitrogen and oxygen atoms in total. The summed E-state index contributed by atoms with van der Waals surface area (Å²) in [6.45, 7) is 5.75. The van der Waals surface area contributed by atoms with Crippen molar-refractivity contribution in [3.8, 4) is 0 Å². The van der Waals surface area contributed by atoms with Crippen LogP contribution in [0.5, 0.6) is 0 Å². The van der Waals surface area contributed by atoms with Crippen LogP contribution < -0.4 is 5.11 Å². The Labute approximate surface area is 130 Å². The SMILES string of the molecule is CC[C@H]1CN(S(=O)(=O)c2c(C)noc2C)CC[C@H]1CC(=O)[O-]. The fourth-order valence-corrected chi connectivity index (χ4v) is 4.99. The van der Waals surface area contributed by atoms with Gasteiger partial charge in [0.05, 0.1) is 0 Å². The van der Waals surface area contributed by atoms with Crippen molar-refractivity contribution in [1.29, 1.82) is 0 Å². The molecule has 0 aliphatic carbocycles. The molecule has 0 radical (unpaired) electrons. The molecule has 1 aromatic rings. The summed E-state index contributed by atoms with van der Waals surface area (Å²) in [5.41, 5.74) is 0.349. The highest BCUT2D eigenvalue weighted by atomic mass is 32.2. The Balaban J connectivity index is 2.23. The fourth-order valence-electron chi connectivity index (χ4n) is 3.18. The van der Waals surface area contributed by atoms with Gasteiger partial charge >= 0.3 is 0 Å². The van der Waals surface area contributed by atoms with Crippen LogP contribution in [0.15, 0.2) is 9.42 Å². The van der Waals surface area contributed by atoms with Crippen molar-refractivity contribution < 1.29 is 22.8 Å². The summed E-state index contributed by atoms with van der Waals surface area (Å²) >= 11 is 0. The van der Waals surface area contributed by atoms with Gasteiger partial charge in [-0.1, -0.05) is 18.5 Å². The van der Waals surface area contributed by atoms with Crippen LogP contribution in [-0.4, -0.2) is 36.9 Å². The van der Waals surface area contributed by atoms with Crippen molar-refractivity contribution in [3.05, 3.63) is 11.5 Å². The van der Waals surface area contributed by atoms with E-state index in [2.05, 4.69) is 5.16 Å². The largest absolute Gasteiger partial charge is 0.550 e. The lowest BCUT2D eigenvalue weighted by Gasteiger charge is -2.37. The van der Waals surface area contributed by atoms with Crippen LogP contribution in [0.4, 0.5) is 0 Å². The minimum atomic E-state index is -3.66. The molecule has 22 heavy (non-hydrogen) atoms. The number of carbonyl (C=O) groups is 1. The van der Waals surface area contributed by atoms with Gasteiger partial charge in [0.1, 0.15) is 10.6 Å². The first kappa shape index (κ1) is 17.0. The van der Waals surface area contributed by atoms with Crippen LogP contribution in [0.1, 0.15) is 37.6 Å². The van der Waals surface area contributed by atoms with Crippen LogP contribution in [0, 0.1) is 25.7 Å². The van der Waals surface area contributed by atoms with Gasteiger partial charge < -0.3 is 14.4 Å². The Morgan fingerprint density at radius 2 is 2.09 bits per heavy atom. The first-order valence-electron chi connectivity index (χ1n) is 7.40. The summed E-state index contributed by atoms with van der Waals surface area (Å²) in [6, 6.07) is 0. The molecule has 0 bridgehead atoms. The number of carboxylic acid groups (broad SMARTS) is 1. The zero-order valence-electron chi connectivity index (χ0n) is 13.0. The predicted octanol–water partition coefficient (Wildman–Crippen LogP) is 0.468. The number of hydrogen-bond acceptors (Lipinski definition) is 6. The monoisotopic (exact) mass is 329 g/mol. The van der Waals surface area contributed by atoms with Crippen molar-refractivity contribution in [3.63, 3.8) is 0 Å². The minimum Gasteiger partial charge on any atom is -0.550 e. The number of aryl methyl sites for hydroxylation is 2. The average Bonchev–Trinajstić information content (AvgIpc) is 2.78. The lowest BCUT2D eigenvalue weighted by Crippen LogP contribution is -2.45. The highest BCUT2D eigenvalue weighted by Gasteiger charge is 2.37. The van der Waals surface area contributed by atoms with E-state index in [4.69, 9.17) is 4.52 Å². The molecule has 2 atom stereocenters. The number of aliphatic carboxylic acids is 1. The molecule has 1 aromatic heterocycles. The number of aromatic nitrogens is 1. The molecule has 0 aromatic carbocycles. The predicted molar refractivity (Wildman–Crippen MR) is 76.2 cm³/mol. The van der Waals surface area contributed by atoms with Crippen LogP contribution in [0.25, 0.3) is 0 Å². The normalized spacial score (nSPS) is 23.6. The molecular weight excluding hydrogens is 308 g/mol. The number of piperidine rings is 1. The number of sulfonamides is 1. The van der Waals surface area contributed by atoms with Crippen LogP contribution in [0.2, 0.25) is 0 Å². The molecule has 0 N–H and O–H groups in total. The summed E-state index contributed by atoms with van der Waals surface area (Å²) in [5.74, 6) is -0.819. The van der Waals surface area contributed by atoms with E-state index >= 15 is 0 Å². The molecule has 1 aliphatic heterocycles. The van der Waals surface area contributed by atoms with E-state index in [-0.39, 0.29) is 28.9 Å². The van der Waals surface area contributed by atoms with Crippen molar-refractivity contribution in [1.82, 2.24) is 9.46 Å². The Kier molecular flexibility index (Phi) is 4.91. The Hall–Kier alpha value is -1.41. The first-order chi connectivity index (χ1) is 10.3. The topological polar surface area (TPSA) is 104 Å². The molecule has 1 fully saturated rings. The Bertz CT molecular complexity index is 633. The Morgan fingerprint density at radius 1 is 1.41 bits per heavy atom. The zero-order valence-corrected chi connectivity index (χ0v) is 13.9. The zero-order chi connectivity index (χ0) is 16.5. The van der Waals surface area contributed by atoms with Gasteiger partial charge in [0, 0.05) is 19.1 Å². The maximum absolute atomic E-state index is 12.8. The van der Waals surface area contributed by atoms with Gasteiger partial charge in [-0.3, -0.25) is 0 Å². The van der Waals surface area contributed by atoms with Gasteiger partial charge in [0.15, 0.2) is 5.76 Å². The second-order valence-corrected chi connectivity index (χ2v) is 7.68. The molecule has 0 spiro atoms. The van der Waals surface area contributed by atoms with Gasteiger partial charge in [0.25, 0.3) is 0 Å². The van der Waals surface area contributed by atoms with Crippen molar-refractivity contribution in [2.45, 2.75) is 44.9 Å². The number of carboxylic acids is 1. The van der Waals surface area contributed by atoms with E-state index in [0.717, 1.165) is 6.42 Å². The van der Waals surface area contributed by atoms with E-state index in [9.17, 15) is 18.3 Å². The van der Waals surface area contributed by atoms with E-state index < -0.39 is 16.0 Å². The standard InChI is InChI=1S/C14H22N2O5S/c1-4-11-8-16(6-5-12(11)7-13(17)18)22(19,20)14-9(2)15-21-10(14)3/h11-12H,4-8H2,1-3H3,(H,17,18)/p-1/t11-,12-/m0/s1. The van der Waals surface area contributed by atoms with Gasteiger partial charge in [-0.2, -0.15) is 4.31 Å². The number of carbonyl (C=O) groups excluding carboxylic acids is 1. The van der Waals surface area contributed by atoms with E-state index in [1.807, 2.05) is 6.92 Å². The molecule has 0 unspecified atom stereocenters. The third kappa shape index (κ3) is 3.17. The molecule has 0 saturated carbocycles. The third-order valence-corrected chi connectivity index (χ3v) is 6.48. The van der Waals surface area contributed by atoms with E-state index in [1.165, 1.54) is 4.31 Å². The summed E-state index contributed by atoms with van der Waals surface area (Å²) in [7, 11) is -3.66. The van der Waals surface area contributed by atoms with Crippen molar-refractivity contribution in [2.24, 2.45) is 11.8 Å². The van der Waals surface area contributed by atoms with Crippen LogP contribution in [-0.2, 0) is 14.8 Å².